The highest BCUT2D eigenvalue weighted by Gasteiger charge is 2.28. The lowest BCUT2D eigenvalue weighted by molar-refractivity contribution is -0.140. The molecule has 2 atom stereocenters. The smallest absolute Gasteiger partial charge is 0.242 e. The van der Waals surface area contributed by atoms with Gasteiger partial charge < -0.3 is 19.7 Å². The van der Waals surface area contributed by atoms with E-state index in [1.165, 1.54) is 9.21 Å². The molecule has 2 aromatic rings. The molecule has 2 unspecified atom stereocenters. The lowest BCUT2D eigenvalue weighted by Gasteiger charge is -2.30. The molecule has 1 aliphatic heterocycles. The topological polar surface area (TPSA) is 105 Å². The summed E-state index contributed by atoms with van der Waals surface area (Å²) in [6.45, 7) is 5.81. The fraction of sp³-hybridized carbons (Fsp3) is 0.462. The zero-order chi connectivity index (χ0) is 28.0. The number of halogens is 2. The number of fused-ring (bicyclic) bond motifs is 1. The van der Waals surface area contributed by atoms with Gasteiger partial charge in [0.1, 0.15) is 6.04 Å². The number of nitrogens with one attached hydrogen (secondary N) is 1. The minimum absolute atomic E-state index is 0.0266. The number of carbonyl (C=O) groups excluding carboxylic acids is 2. The van der Waals surface area contributed by atoms with Crippen molar-refractivity contribution in [2.24, 2.45) is 0 Å². The number of ether oxygens (including phenoxy) is 2. The predicted octanol–water partition coefficient (Wildman–Crippen LogP) is 4.60. The van der Waals surface area contributed by atoms with Gasteiger partial charge in [-0.1, -0.05) is 36.2 Å². The van der Waals surface area contributed by atoms with Crippen molar-refractivity contribution in [3.8, 4) is 11.5 Å². The summed E-state index contributed by atoms with van der Waals surface area (Å²) in [7, 11) is -3.64. The molecule has 2 aromatic carbocycles. The van der Waals surface area contributed by atoms with Crippen LogP contribution in [0.4, 0.5) is 5.69 Å². The summed E-state index contributed by atoms with van der Waals surface area (Å²) in [5, 5.41) is 3.65. The number of nitrogens with zero attached hydrogens (tertiary/aromatic N) is 2. The molecule has 9 nitrogen and oxygen atoms in total. The van der Waals surface area contributed by atoms with Gasteiger partial charge in [-0.15, -0.1) is 0 Å². The van der Waals surface area contributed by atoms with Gasteiger partial charge in [-0.05, 0) is 56.5 Å². The maximum atomic E-state index is 13.4. The van der Waals surface area contributed by atoms with Crippen LogP contribution < -0.4 is 19.1 Å². The van der Waals surface area contributed by atoms with Gasteiger partial charge in [0.2, 0.25) is 28.6 Å². The minimum atomic E-state index is -3.64. The van der Waals surface area contributed by atoms with Crippen molar-refractivity contribution in [3.63, 3.8) is 0 Å². The molecule has 12 heteroatoms. The Hall–Kier alpha value is -2.69. The molecule has 1 N–H and O–H groups in total. The molecule has 3 rings (SSSR count). The van der Waals surface area contributed by atoms with Crippen molar-refractivity contribution in [1.29, 1.82) is 0 Å². The first-order valence-corrected chi connectivity index (χ1v) is 14.9. The van der Waals surface area contributed by atoms with Crippen molar-refractivity contribution in [3.05, 3.63) is 52.0 Å². The maximum Gasteiger partial charge on any atom is 0.242 e. The second-order valence-corrected chi connectivity index (χ2v) is 12.0. The predicted molar refractivity (Wildman–Crippen MR) is 148 cm³/mol. The largest absolute Gasteiger partial charge is 0.454 e. The Kier molecular flexibility index (Phi) is 10.1. The second-order valence-electron chi connectivity index (χ2n) is 9.24. The SMILES string of the molecule is CCC(C)NC(=O)C(C)N(Cc1ccc(Cl)c(Cl)c1)C(=O)CCCN(c1ccc2c(c1)OCO2)S(C)(=O)=O. The van der Waals surface area contributed by atoms with E-state index >= 15 is 0 Å². The van der Waals surface area contributed by atoms with Crippen LogP contribution in [0.2, 0.25) is 10.0 Å². The minimum Gasteiger partial charge on any atom is -0.454 e. The number of sulfonamides is 1. The summed E-state index contributed by atoms with van der Waals surface area (Å²) in [5.74, 6) is 0.439. The third-order valence-electron chi connectivity index (χ3n) is 6.30. The molecular formula is C26H33Cl2N3O6S. The molecule has 208 valence electrons. The molecule has 0 radical (unpaired) electrons. The van der Waals surface area contributed by atoms with E-state index in [0.717, 1.165) is 12.7 Å². The van der Waals surface area contributed by atoms with Crippen molar-refractivity contribution >= 4 is 50.7 Å². The van der Waals surface area contributed by atoms with Crippen molar-refractivity contribution in [1.82, 2.24) is 10.2 Å². The Bertz CT molecular complexity index is 1270. The van der Waals surface area contributed by atoms with E-state index in [-0.39, 0.29) is 50.6 Å². The fourth-order valence-corrected chi connectivity index (χ4v) is 5.21. The van der Waals surface area contributed by atoms with Crippen LogP contribution in [0.3, 0.4) is 0 Å². The first-order chi connectivity index (χ1) is 17.9. The van der Waals surface area contributed by atoms with Gasteiger partial charge in [0.25, 0.3) is 0 Å². The van der Waals surface area contributed by atoms with Crippen molar-refractivity contribution in [2.45, 2.75) is 58.7 Å². The van der Waals surface area contributed by atoms with E-state index < -0.39 is 16.1 Å². The van der Waals surface area contributed by atoms with Crippen LogP contribution in [0.1, 0.15) is 45.6 Å². The number of benzene rings is 2. The molecule has 38 heavy (non-hydrogen) atoms. The zero-order valence-electron chi connectivity index (χ0n) is 21.9. The van der Waals surface area contributed by atoms with Crippen LogP contribution in [-0.2, 0) is 26.2 Å². The van der Waals surface area contributed by atoms with Gasteiger partial charge in [0.15, 0.2) is 11.5 Å². The molecule has 0 spiro atoms. The normalized spacial score (nSPS) is 14.1. The molecule has 2 amide bonds. The third-order valence-corrected chi connectivity index (χ3v) is 8.23. The van der Waals surface area contributed by atoms with E-state index in [1.807, 2.05) is 13.8 Å². The Morgan fingerprint density at radius 1 is 1.05 bits per heavy atom. The van der Waals surface area contributed by atoms with Crippen LogP contribution in [0.15, 0.2) is 36.4 Å². The van der Waals surface area contributed by atoms with E-state index in [9.17, 15) is 18.0 Å². The average molecular weight is 587 g/mol. The van der Waals surface area contributed by atoms with E-state index in [1.54, 1.807) is 43.3 Å². The fourth-order valence-electron chi connectivity index (χ4n) is 3.93. The number of carbonyl (C=O) groups is 2. The number of hydrogen-bond donors (Lipinski definition) is 1. The Morgan fingerprint density at radius 2 is 1.76 bits per heavy atom. The number of anilines is 1. The molecule has 0 saturated heterocycles. The van der Waals surface area contributed by atoms with Crippen LogP contribution in [-0.4, -0.2) is 56.8 Å². The zero-order valence-corrected chi connectivity index (χ0v) is 24.2. The van der Waals surface area contributed by atoms with Crippen LogP contribution in [0.5, 0.6) is 11.5 Å². The summed E-state index contributed by atoms with van der Waals surface area (Å²) in [5.41, 5.74) is 1.13. The molecular weight excluding hydrogens is 553 g/mol. The molecule has 0 fully saturated rings. The summed E-state index contributed by atoms with van der Waals surface area (Å²) < 4.78 is 37.0. The van der Waals surface area contributed by atoms with Gasteiger partial charge in [-0.25, -0.2) is 8.42 Å². The van der Waals surface area contributed by atoms with Crippen molar-refractivity contribution < 1.29 is 27.5 Å². The molecule has 0 aliphatic carbocycles. The highest BCUT2D eigenvalue weighted by Crippen LogP contribution is 2.36. The van der Waals surface area contributed by atoms with Crippen LogP contribution in [0, 0.1) is 0 Å². The van der Waals surface area contributed by atoms with Crippen LogP contribution >= 0.6 is 23.2 Å². The molecule has 0 bridgehead atoms. The van der Waals surface area contributed by atoms with Gasteiger partial charge in [0.05, 0.1) is 22.0 Å². The highest BCUT2D eigenvalue weighted by molar-refractivity contribution is 7.92. The van der Waals surface area contributed by atoms with Crippen LogP contribution in [0.25, 0.3) is 0 Å². The Balaban J connectivity index is 1.75. The Labute approximate surface area is 234 Å². The summed E-state index contributed by atoms with van der Waals surface area (Å²) >= 11 is 12.2. The van der Waals surface area contributed by atoms with E-state index in [2.05, 4.69) is 5.32 Å². The van der Waals surface area contributed by atoms with Gasteiger partial charge in [-0.2, -0.15) is 0 Å². The quantitative estimate of drug-likeness (QED) is 0.390. The summed E-state index contributed by atoms with van der Waals surface area (Å²) in [6, 6.07) is 9.13. The lowest BCUT2D eigenvalue weighted by Crippen LogP contribution is -2.49. The standard InChI is InChI=1S/C26H33Cl2N3O6S/c1-5-17(2)29-26(33)18(3)30(15-19-8-10-21(27)22(28)13-19)25(32)7-6-12-31(38(4,34)35)20-9-11-23-24(14-20)37-16-36-23/h8-11,13-14,17-18H,5-7,12,15-16H2,1-4H3,(H,29,33). The number of amides is 2. The number of rotatable bonds is 12. The first-order valence-electron chi connectivity index (χ1n) is 12.3. The third kappa shape index (κ3) is 7.68. The van der Waals surface area contributed by atoms with Gasteiger partial charge in [0, 0.05) is 31.6 Å². The maximum absolute atomic E-state index is 13.4. The van der Waals surface area contributed by atoms with Crippen molar-refractivity contribution in [2.75, 3.05) is 23.9 Å². The average Bonchev–Trinajstić information content (AvgIpc) is 3.33. The molecule has 1 heterocycles. The molecule has 0 aromatic heterocycles. The first kappa shape index (κ1) is 29.9. The highest BCUT2D eigenvalue weighted by atomic mass is 35.5. The molecule has 0 saturated carbocycles. The second kappa shape index (κ2) is 12.9. The van der Waals surface area contributed by atoms with E-state index in [4.69, 9.17) is 32.7 Å². The Morgan fingerprint density at radius 3 is 2.42 bits per heavy atom. The molecule has 1 aliphatic rings. The van der Waals surface area contributed by atoms with E-state index in [0.29, 0.717) is 32.8 Å². The monoisotopic (exact) mass is 585 g/mol. The number of hydrogen-bond acceptors (Lipinski definition) is 6. The lowest BCUT2D eigenvalue weighted by atomic mass is 10.1. The van der Waals surface area contributed by atoms with Gasteiger partial charge >= 0.3 is 0 Å². The van der Waals surface area contributed by atoms with Gasteiger partial charge in [-0.3, -0.25) is 13.9 Å². The summed E-state index contributed by atoms with van der Waals surface area (Å²) in [4.78, 5) is 27.8. The summed E-state index contributed by atoms with van der Waals surface area (Å²) in [6.07, 6.45) is 2.12.